The van der Waals surface area contributed by atoms with E-state index in [1.165, 1.54) is 0 Å². The van der Waals surface area contributed by atoms with Gasteiger partial charge in [0.15, 0.2) is 0 Å². The predicted octanol–water partition coefficient (Wildman–Crippen LogP) is 4.80. The molecule has 0 saturated carbocycles. The molecule has 6 heteroatoms. The number of hydrogen-bond donors (Lipinski definition) is 1. The Hall–Kier alpha value is -0.290. The fraction of sp³-hybridized carbons (Fsp3) is 0.333. The van der Waals surface area contributed by atoms with Crippen molar-refractivity contribution in [1.29, 1.82) is 0 Å². The van der Waals surface area contributed by atoms with Crippen molar-refractivity contribution in [2.45, 2.75) is 25.1 Å². The Morgan fingerprint density at radius 3 is 2.71 bits per heavy atom. The molecule has 3 rings (SSSR count). The quantitative estimate of drug-likeness (QED) is 0.848. The number of likely N-dealkylation sites (N-methyl/N-ethyl adjacent to an activating group) is 1. The molecule has 1 aliphatic carbocycles. The van der Waals surface area contributed by atoms with E-state index in [0.29, 0.717) is 16.5 Å². The van der Waals surface area contributed by atoms with Crippen molar-refractivity contribution in [3.05, 3.63) is 54.7 Å². The summed E-state index contributed by atoms with van der Waals surface area (Å²) in [5.41, 5.74) is 2.01. The summed E-state index contributed by atoms with van der Waals surface area (Å²) in [6.45, 7) is 0.725. The summed E-state index contributed by atoms with van der Waals surface area (Å²) < 4.78 is 0.775. The number of halogens is 3. The minimum atomic E-state index is -0.476. The second-order valence-corrected chi connectivity index (χ2v) is 7.94. The third-order valence-electron chi connectivity index (χ3n) is 3.80. The predicted molar refractivity (Wildman–Crippen MR) is 89.7 cm³/mol. The fourth-order valence-corrected chi connectivity index (χ4v) is 4.68. The van der Waals surface area contributed by atoms with E-state index in [1.54, 1.807) is 17.4 Å². The lowest BCUT2D eigenvalue weighted by Gasteiger charge is -2.27. The van der Waals surface area contributed by atoms with Gasteiger partial charge in [0.2, 0.25) is 0 Å². The average Bonchev–Trinajstić information content (AvgIpc) is 2.92. The molecule has 0 spiro atoms. The van der Waals surface area contributed by atoms with Gasteiger partial charge in [-0.15, -0.1) is 11.3 Å². The van der Waals surface area contributed by atoms with Gasteiger partial charge in [-0.1, -0.05) is 34.8 Å². The molecule has 0 aliphatic heterocycles. The molecule has 0 saturated heterocycles. The lowest BCUT2D eigenvalue weighted by Crippen LogP contribution is -2.30. The molecule has 0 bridgehead atoms. The molecule has 2 aromatic rings. The Morgan fingerprint density at radius 1 is 1.29 bits per heavy atom. The van der Waals surface area contributed by atoms with Gasteiger partial charge in [0.05, 0.1) is 16.5 Å². The molecule has 1 aromatic heterocycles. The first-order valence-corrected chi connectivity index (χ1v) is 8.51. The minimum absolute atomic E-state index is 0.0999. The Morgan fingerprint density at radius 2 is 2.05 bits per heavy atom. The maximum atomic E-state index is 10.4. The maximum Gasteiger partial charge on any atom is 0.0931 e. The summed E-state index contributed by atoms with van der Waals surface area (Å²) >= 11 is 19.9. The van der Waals surface area contributed by atoms with Gasteiger partial charge in [-0.3, -0.25) is 4.90 Å². The van der Waals surface area contributed by atoms with Crippen LogP contribution < -0.4 is 0 Å². The van der Waals surface area contributed by atoms with Crippen molar-refractivity contribution in [2.75, 3.05) is 7.05 Å². The molecule has 0 fully saturated rings. The Balaban J connectivity index is 1.89. The number of benzene rings is 1. The highest BCUT2D eigenvalue weighted by molar-refractivity contribution is 7.16. The largest absolute Gasteiger partial charge is 0.391 e. The molecule has 0 amide bonds. The van der Waals surface area contributed by atoms with Crippen molar-refractivity contribution in [1.82, 2.24) is 4.90 Å². The van der Waals surface area contributed by atoms with E-state index in [2.05, 4.69) is 4.90 Å². The van der Waals surface area contributed by atoms with E-state index < -0.39 is 6.10 Å². The summed E-state index contributed by atoms with van der Waals surface area (Å²) in [5.74, 6) is 0. The van der Waals surface area contributed by atoms with Gasteiger partial charge in [0.25, 0.3) is 0 Å². The number of thiophene rings is 1. The van der Waals surface area contributed by atoms with E-state index in [1.807, 2.05) is 25.2 Å². The first kappa shape index (κ1) is 15.6. The summed E-state index contributed by atoms with van der Waals surface area (Å²) in [4.78, 5) is 3.28. The average molecular weight is 363 g/mol. The Bertz CT molecular complexity index is 673. The molecule has 2 atom stereocenters. The van der Waals surface area contributed by atoms with E-state index in [0.717, 1.165) is 26.9 Å². The lowest BCUT2D eigenvalue weighted by molar-refractivity contribution is 0.0730. The SMILES string of the molecule is CN(Cc1ccc(Cl)s1)[C@H]1c2cc(Cl)cc(Cl)c2C[C@@H]1O. The molecular weight excluding hydrogens is 349 g/mol. The van der Waals surface area contributed by atoms with E-state index in [-0.39, 0.29) is 6.04 Å². The number of fused-ring (bicyclic) bond motifs is 1. The minimum Gasteiger partial charge on any atom is -0.391 e. The normalized spacial score (nSPS) is 21.0. The summed E-state index contributed by atoms with van der Waals surface area (Å²) in [6.07, 6.45) is 0.0855. The third-order valence-corrected chi connectivity index (χ3v) is 5.57. The van der Waals surface area contributed by atoms with Gasteiger partial charge in [-0.2, -0.15) is 0 Å². The molecule has 112 valence electrons. The topological polar surface area (TPSA) is 23.5 Å². The van der Waals surface area contributed by atoms with Crippen molar-refractivity contribution in [2.24, 2.45) is 0 Å². The van der Waals surface area contributed by atoms with Crippen LogP contribution in [0.15, 0.2) is 24.3 Å². The molecule has 1 heterocycles. The monoisotopic (exact) mass is 361 g/mol. The van der Waals surface area contributed by atoms with Crippen LogP contribution in [0.5, 0.6) is 0 Å². The number of hydrogen-bond acceptors (Lipinski definition) is 3. The van der Waals surface area contributed by atoms with Crippen LogP contribution in [0, 0.1) is 0 Å². The van der Waals surface area contributed by atoms with Crippen molar-refractivity contribution >= 4 is 46.1 Å². The number of aliphatic hydroxyl groups is 1. The van der Waals surface area contributed by atoms with Gasteiger partial charge in [0, 0.05) is 27.9 Å². The molecule has 2 nitrogen and oxygen atoms in total. The molecule has 0 unspecified atom stereocenters. The number of rotatable bonds is 3. The zero-order chi connectivity index (χ0) is 15.1. The first-order valence-electron chi connectivity index (χ1n) is 6.56. The smallest absolute Gasteiger partial charge is 0.0931 e. The zero-order valence-electron chi connectivity index (χ0n) is 11.3. The maximum absolute atomic E-state index is 10.4. The van der Waals surface area contributed by atoms with Gasteiger partial charge in [0.1, 0.15) is 0 Å². The molecule has 1 aromatic carbocycles. The second kappa shape index (κ2) is 6.07. The first-order chi connectivity index (χ1) is 9.95. The van der Waals surface area contributed by atoms with Crippen LogP contribution in [0.4, 0.5) is 0 Å². The zero-order valence-corrected chi connectivity index (χ0v) is 14.4. The van der Waals surface area contributed by atoms with Crippen LogP contribution in [0.2, 0.25) is 14.4 Å². The van der Waals surface area contributed by atoms with Gasteiger partial charge in [-0.05, 0) is 42.4 Å². The van der Waals surface area contributed by atoms with Crippen LogP contribution in [-0.2, 0) is 13.0 Å². The van der Waals surface area contributed by atoms with Crippen LogP contribution in [0.25, 0.3) is 0 Å². The lowest BCUT2D eigenvalue weighted by atomic mass is 10.1. The highest BCUT2D eigenvalue weighted by atomic mass is 35.5. The fourth-order valence-electron chi connectivity index (χ4n) is 2.94. The van der Waals surface area contributed by atoms with E-state index in [9.17, 15) is 5.11 Å². The Labute approximate surface area is 142 Å². The number of aliphatic hydroxyl groups excluding tert-OH is 1. The third kappa shape index (κ3) is 3.09. The van der Waals surface area contributed by atoms with Gasteiger partial charge >= 0.3 is 0 Å². The molecular formula is C15H14Cl3NOS. The molecule has 1 aliphatic rings. The van der Waals surface area contributed by atoms with Crippen LogP contribution >= 0.6 is 46.1 Å². The van der Waals surface area contributed by atoms with E-state index >= 15 is 0 Å². The molecule has 21 heavy (non-hydrogen) atoms. The molecule has 1 N–H and O–H groups in total. The van der Waals surface area contributed by atoms with Crippen molar-refractivity contribution in [3.63, 3.8) is 0 Å². The van der Waals surface area contributed by atoms with Crippen molar-refractivity contribution in [3.8, 4) is 0 Å². The molecule has 0 radical (unpaired) electrons. The summed E-state index contributed by atoms with van der Waals surface area (Å²) in [5, 5.41) is 11.6. The van der Waals surface area contributed by atoms with E-state index in [4.69, 9.17) is 34.8 Å². The second-order valence-electron chi connectivity index (χ2n) is 5.29. The van der Waals surface area contributed by atoms with Crippen LogP contribution in [0.1, 0.15) is 22.0 Å². The summed E-state index contributed by atoms with van der Waals surface area (Å²) in [7, 11) is 1.99. The standard InChI is InChI=1S/C15H14Cl3NOS/c1-19(7-9-2-3-14(18)21-9)15-11-4-8(16)5-12(17)10(11)6-13(15)20/h2-5,13,15,20H,6-7H2,1H3/t13-,15-/m0/s1. The highest BCUT2D eigenvalue weighted by Crippen LogP contribution is 2.41. The van der Waals surface area contributed by atoms with Crippen molar-refractivity contribution < 1.29 is 5.11 Å². The van der Waals surface area contributed by atoms with Gasteiger partial charge < -0.3 is 5.11 Å². The summed E-state index contributed by atoms with van der Waals surface area (Å²) in [6, 6.07) is 7.44. The number of nitrogens with zero attached hydrogens (tertiary/aromatic N) is 1. The Kier molecular flexibility index (Phi) is 4.51. The highest BCUT2D eigenvalue weighted by Gasteiger charge is 2.35. The van der Waals surface area contributed by atoms with Gasteiger partial charge in [-0.25, -0.2) is 0 Å². The van der Waals surface area contributed by atoms with Crippen LogP contribution in [0.3, 0.4) is 0 Å². The van der Waals surface area contributed by atoms with Crippen LogP contribution in [-0.4, -0.2) is 23.2 Å².